The Kier molecular flexibility index (Phi) is 4.07. The molecule has 0 spiro atoms. The Morgan fingerprint density at radius 3 is 2.57 bits per heavy atom. The first-order valence-electron chi connectivity index (χ1n) is 6.56. The van der Waals surface area contributed by atoms with E-state index in [1.165, 1.54) is 10.8 Å². The van der Waals surface area contributed by atoms with Gasteiger partial charge in [0, 0.05) is 3.57 Å². The number of fused-ring (bicyclic) bond motifs is 1. The molecule has 0 unspecified atom stereocenters. The Morgan fingerprint density at radius 1 is 0.952 bits per heavy atom. The molecule has 21 heavy (non-hydrogen) atoms. The van der Waals surface area contributed by atoms with E-state index in [2.05, 4.69) is 59.0 Å². The average molecular weight is 385 g/mol. The summed E-state index contributed by atoms with van der Waals surface area (Å²) >= 11 is 2.19. The maximum absolute atomic E-state index is 9.15. The molecule has 0 aliphatic carbocycles. The van der Waals surface area contributed by atoms with Gasteiger partial charge in [-0.1, -0.05) is 36.4 Å². The number of rotatable bonds is 3. The van der Waals surface area contributed by atoms with Gasteiger partial charge in [-0.15, -0.1) is 0 Å². The van der Waals surface area contributed by atoms with Gasteiger partial charge in [0.25, 0.3) is 0 Å². The van der Waals surface area contributed by atoms with Crippen molar-refractivity contribution in [2.75, 3.05) is 0 Å². The fraction of sp³-hybridized carbons (Fsp3) is 0.0556. The molecule has 0 atom stereocenters. The number of benzene rings is 3. The Labute approximate surface area is 137 Å². The summed E-state index contributed by atoms with van der Waals surface area (Å²) in [7, 11) is 0. The van der Waals surface area contributed by atoms with Crippen LogP contribution in [0.3, 0.4) is 0 Å². The highest BCUT2D eigenvalue weighted by Gasteiger charge is 2.04. The number of halogens is 1. The second kappa shape index (κ2) is 6.15. The Bertz CT molecular complexity index is 836. The Balaban J connectivity index is 1.82. The largest absolute Gasteiger partial charge is 0.488 e. The maximum Gasteiger partial charge on any atom is 0.137 e. The van der Waals surface area contributed by atoms with Crippen LogP contribution in [-0.4, -0.2) is 0 Å². The van der Waals surface area contributed by atoms with E-state index < -0.39 is 0 Å². The van der Waals surface area contributed by atoms with Crippen molar-refractivity contribution < 1.29 is 4.74 Å². The van der Waals surface area contributed by atoms with Crippen molar-refractivity contribution in [3.8, 4) is 11.8 Å². The van der Waals surface area contributed by atoms with E-state index in [1.54, 1.807) is 0 Å². The smallest absolute Gasteiger partial charge is 0.137 e. The van der Waals surface area contributed by atoms with Gasteiger partial charge in [0.15, 0.2) is 0 Å². The summed E-state index contributed by atoms with van der Waals surface area (Å²) in [5.74, 6) is 0.631. The molecule has 0 fully saturated rings. The molecular formula is C18H12INO. The van der Waals surface area contributed by atoms with Gasteiger partial charge in [0.1, 0.15) is 18.4 Å². The first kappa shape index (κ1) is 13.9. The number of hydrogen-bond donors (Lipinski definition) is 0. The van der Waals surface area contributed by atoms with E-state index in [9.17, 15) is 0 Å². The third-order valence-electron chi connectivity index (χ3n) is 3.27. The van der Waals surface area contributed by atoms with Gasteiger partial charge in [0.2, 0.25) is 0 Å². The van der Waals surface area contributed by atoms with Gasteiger partial charge in [-0.3, -0.25) is 0 Å². The molecular weight excluding hydrogens is 373 g/mol. The quantitative estimate of drug-likeness (QED) is 0.602. The minimum Gasteiger partial charge on any atom is -0.488 e. The summed E-state index contributed by atoms with van der Waals surface area (Å²) in [4.78, 5) is 0. The van der Waals surface area contributed by atoms with Gasteiger partial charge in [-0.2, -0.15) is 5.26 Å². The summed E-state index contributed by atoms with van der Waals surface area (Å²) in [5, 5.41) is 11.6. The number of hydrogen-bond acceptors (Lipinski definition) is 2. The van der Waals surface area contributed by atoms with Crippen molar-refractivity contribution in [3.63, 3.8) is 0 Å². The first-order valence-corrected chi connectivity index (χ1v) is 7.64. The van der Waals surface area contributed by atoms with Crippen LogP contribution in [0.4, 0.5) is 0 Å². The molecule has 0 N–H and O–H groups in total. The fourth-order valence-electron chi connectivity index (χ4n) is 2.21. The van der Waals surface area contributed by atoms with Gasteiger partial charge in [0.05, 0.1) is 5.56 Å². The second-order valence-corrected chi connectivity index (χ2v) is 5.97. The zero-order chi connectivity index (χ0) is 14.7. The van der Waals surface area contributed by atoms with Crippen LogP contribution in [0.25, 0.3) is 10.8 Å². The van der Waals surface area contributed by atoms with Crippen LogP contribution in [-0.2, 0) is 6.61 Å². The van der Waals surface area contributed by atoms with Crippen LogP contribution in [0.15, 0.2) is 60.7 Å². The van der Waals surface area contributed by atoms with Crippen molar-refractivity contribution in [1.29, 1.82) is 5.26 Å². The zero-order valence-corrected chi connectivity index (χ0v) is 13.4. The maximum atomic E-state index is 9.15. The number of nitrogens with zero attached hydrogens (tertiary/aromatic N) is 1. The van der Waals surface area contributed by atoms with E-state index in [-0.39, 0.29) is 0 Å². The molecule has 102 valence electrons. The molecule has 0 aliphatic rings. The third kappa shape index (κ3) is 3.17. The monoisotopic (exact) mass is 385 g/mol. The van der Waals surface area contributed by atoms with Crippen molar-refractivity contribution in [2.24, 2.45) is 0 Å². The molecule has 2 nitrogen and oxygen atoms in total. The van der Waals surface area contributed by atoms with E-state index >= 15 is 0 Å². The molecule has 3 heteroatoms. The average Bonchev–Trinajstić information content (AvgIpc) is 2.53. The Hall–Kier alpha value is -2.06. The summed E-state index contributed by atoms with van der Waals surface area (Å²) < 4.78 is 6.82. The van der Waals surface area contributed by atoms with Crippen molar-refractivity contribution in [3.05, 3.63) is 75.4 Å². The SMILES string of the molecule is N#Cc1cc(I)ccc1OCc1ccc2ccccc2c1. The molecule has 0 saturated heterocycles. The highest BCUT2D eigenvalue weighted by Crippen LogP contribution is 2.22. The van der Waals surface area contributed by atoms with Gasteiger partial charge in [-0.05, 0) is 63.2 Å². The molecule has 0 aliphatic heterocycles. The molecule has 0 radical (unpaired) electrons. The first-order chi connectivity index (χ1) is 10.3. The zero-order valence-electron chi connectivity index (χ0n) is 11.2. The topological polar surface area (TPSA) is 33.0 Å². The predicted molar refractivity (Wildman–Crippen MR) is 92.2 cm³/mol. The molecule has 3 aromatic rings. The van der Waals surface area contributed by atoms with E-state index in [4.69, 9.17) is 10.00 Å². The minimum atomic E-state index is 0.458. The lowest BCUT2D eigenvalue weighted by molar-refractivity contribution is 0.305. The van der Waals surface area contributed by atoms with Crippen LogP contribution in [0.5, 0.6) is 5.75 Å². The summed E-state index contributed by atoms with van der Waals surface area (Å²) in [6, 6.07) is 22.3. The van der Waals surface area contributed by atoms with E-state index in [0.717, 1.165) is 9.13 Å². The van der Waals surface area contributed by atoms with Crippen LogP contribution < -0.4 is 4.74 Å². The Morgan fingerprint density at radius 2 is 1.76 bits per heavy atom. The lowest BCUT2D eigenvalue weighted by Gasteiger charge is -2.09. The number of ether oxygens (including phenoxy) is 1. The van der Waals surface area contributed by atoms with Crippen molar-refractivity contribution >= 4 is 33.4 Å². The molecule has 0 bridgehead atoms. The number of nitriles is 1. The molecule has 0 amide bonds. The minimum absolute atomic E-state index is 0.458. The predicted octanol–water partition coefficient (Wildman–Crippen LogP) is 4.90. The van der Waals surface area contributed by atoms with Crippen LogP contribution in [0.1, 0.15) is 11.1 Å². The highest BCUT2D eigenvalue weighted by molar-refractivity contribution is 14.1. The fourth-order valence-corrected chi connectivity index (χ4v) is 2.70. The van der Waals surface area contributed by atoms with E-state index in [0.29, 0.717) is 17.9 Å². The summed E-state index contributed by atoms with van der Waals surface area (Å²) in [6.45, 7) is 0.458. The van der Waals surface area contributed by atoms with Gasteiger partial charge in [-0.25, -0.2) is 0 Å². The molecule has 0 aromatic heterocycles. The van der Waals surface area contributed by atoms with Crippen molar-refractivity contribution in [2.45, 2.75) is 6.61 Å². The lowest BCUT2D eigenvalue weighted by atomic mass is 10.1. The standard InChI is InChI=1S/C18H12INO/c19-17-7-8-18(16(10-17)11-20)21-12-13-5-6-14-3-1-2-4-15(14)9-13/h1-10H,12H2. The van der Waals surface area contributed by atoms with Crippen LogP contribution in [0, 0.1) is 14.9 Å². The molecule has 3 rings (SSSR count). The molecule has 0 heterocycles. The molecule has 0 saturated carbocycles. The summed E-state index contributed by atoms with van der Waals surface area (Å²) in [6.07, 6.45) is 0. The summed E-state index contributed by atoms with van der Waals surface area (Å²) in [5.41, 5.74) is 1.67. The third-order valence-corrected chi connectivity index (χ3v) is 3.94. The van der Waals surface area contributed by atoms with Crippen LogP contribution in [0.2, 0.25) is 0 Å². The van der Waals surface area contributed by atoms with Gasteiger partial charge < -0.3 is 4.74 Å². The second-order valence-electron chi connectivity index (χ2n) is 4.72. The normalized spacial score (nSPS) is 10.3. The van der Waals surface area contributed by atoms with E-state index in [1.807, 2.05) is 30.3 Å². The molecule has 3 aromatic carbocycles. The highest BCUT2D eigenvalue weighted by atomic mass is 127. The van der Waals surface area contributed by atoms with Gasteiger partial charge >= 0.3 is 0 Å². The lowest BCUT2D eigenvalue weighted by Crippen LogP contribution is -1.97. The van der Waals surface area contributed by atoms with Crippen LogP contribution >= 0.6 is 22.6 Å². The van der Waals surface area contributed by atoms with Crippen molar-refractivity contribution in [1.82, 2.24) is 0 Å².